The van der Waals surface area contributed by atoms with Crippen molar-refractivity contribution < 1.29 is 4.39 Å². The van der Waals surface area contributed by atoms with Crippen molar-refractivity contribution in [3.8, 4) is 0 Å². The van der Waals surface area contributed by atoms with Gasteiger partial charge in [-0.05, 0) is 45.7 Å². The molecule has 0 saturated carbocycles. The third-order valence-corrected chi connectivity index (χ3v) is 3.42. The SMILES string of the molecule is Fc1ccc(Br)cc1CNc1nc(Cl)ncc1Br. The minimum atomic E-state index is -0.276. The molecule has 18 heavy (non-hydrogen) atoms. The molecule has 7 heteroatoms. The van der Waals surface area contributed by atoms with Gasteiger partial charge in [0.15, 0.2) is 0 Å². The Hall–Kier alpha value is -0.720. The fourth-order valence-corrected chi connectivity index (χ4v) is 2.20. The first-order chi connectivity index (χ1) is 8.56. The number of rotatable bonds is 3. The Kier molecular flexibility index (Phi) is 4.53. The Balaban J connectivity index is 2.16. The highest BCUT2D eigenvalue weighted by atomic mass is 79.9. The maximum absolute atomic E-state index is 13.5. The summed E-state index contributed by atoms with van der Waals surface area (Å²) in [6.45, 7) is 0.303. The summed E-state index contributed by atoms with van der Waals surface area (Å²) in [7, 11) is 0. The second-order valence-electron chi connectivity index (χ2n) is 3.42. The maximum atomic E-state index is 13.5. The Morgan fingerprint density at radius 3 is 2.89 bits per heavy atom. The lowest BCUT2D eigenvalue weighted by Gasteiger charge is -2.08. The number of aromatic nitrogens is 2. The number of benzene rings is 1. The number of halogens is 4. The van der Waals surface area contributed by atoms with Crippen LogP contribution in [0.1, 0.15) is 5.56 Å². The van der Waals surface area contributed by atoms with E-state index in [-0.39, 0.29) is 11.1 Å². The molecule has 0 aliphatic heterocycles. The Bertz CT molecular complexity index is 529. The van der Waals surface area contributed by atoms with Gasteiger partial charge in [0.25, 0.3) is 0 Å². The van der Waals surface area contributed by atoms with Gasteiger partial charge in [-0.25, -0.2) is 9.37 Å². The van der Waals surface area contributed by atoms with Gasteiger partial charge in [0, 0.05) is 22.8 Å². The van der Waals surface area contributed by atoms with Crippen LogP contribution in [0.4, 0.5) is 10.2 Å². The normalized spacial score (nSPS) is 10.4. The molecule has 1 aromatic heterocycles. The predicted octanol–water partition coefficient (Wildman–Crippen LogP) is 4.41. The molecule has 1 heterocycles. The average molecular weight is 395 g/mol. The lowest BCUT2D eigenvalue weighted by molar-refractivity contribution is 0.612. The fraction of sp³-hybridized carbons (Fsp3) is 0.0909. The lowest BCUT2D eigenvalue weighted by Crippen LogP contribution is -2.04. The van der Waals surface area contributed by atoms with Crippen molar-refractivity contribution in [2.75, 3.05) is 5.32 Å². The Labute approximate surface area is 125 Å². The molecule has 0 saturated heterocycles. The summed E-state index contributed by atoms with van der Waals surface area (Å²) in [5, 5.41) is 3.13. The zero-order valence-electron chi connectivity index (χ0n) is 8.92. The van der Waals surface area contributed by atoms with Crippen LogP contribution >= 0.6 is 43.5 Å². The van der Waals surface area contributed by atoms with Crippen LogP contribution in [0.25, 0.3) is 0 Å². The molecule has 0 radical (unpaired) electrons. The van der Waals surface area contributed by atoms with E-state index >= 15 is 0 Å². The summed E-state index contributed by atoms with van der Waals surface area (Å²) in [6, 6.07) is 4.76. The van der Waals surface area contributed by atoms with Gasteiger partial charge in [-0.1, -0.05) is 15.9 Å². The van der Waals surface area contributed by atoms with E-state index in [9.17, 15) is 4.39 Å². The van der Waals surface area contributed by atoms with Crippen LogP contribution in [0.5, 0.6) is 0 Å². The molecule has 0 aliphatic rings. The smallest absolute Gasteiger partial charge is 0.224 e. The molecule has 0 bridgehead atoms. The molecule has 0 unspecified atom stereocenters. The van der Waals surface area contributed by atoms with E-state index in [0.717, 1.165) is 4.47 Å². The van der Waals surface area contributed by atoms with E-state index in [4.69, 9.17) is 11.6 Å². The molecular formula is C11H7Br2ClFN3. The minimum Gasteiger partial charge on any atom is -0.365 e. The summed E-state index contributed by atoms with van der Waals surface area (Å²) < 4.78 is 15.0. The standard InChI is InChI=1S/C11H7Br2ClFN3/c12-7-1-2-9(15)6(3-7)4-16-10-8(13)5-17-11(14)18-10/h1-3,5H,4H2,(H,16,17,18). The van der Waals surface area contributed by atoms with Crippen LogP contribution < -0.4 is 5.32 Å². The van der Waals surface area contributed by atoms with Crippen LogP contribution in [0.2, 0.25) is 5.28 Å². The van der Waals surface area contributed by atoms with Crippen molar-refractivity contribution >= 4 is 49.3 Å². The highest BCUT2D eigenvalue weighted by Gasteiger charge is 2.06. The van der Waals surface area contributed by atoms with Crippen LogP contribution in [-0.2, 0) is 6.54 Å². The van der Waals surface area contributed by atoms with Crippen molar-refractivity contribution in [2.24, 2.45) is 0 Å². The van der Waals surface area contributed by atoms with E-state index in [1.54, 1.807) is 12.1 Å². The third-order valence-electron chi connectivity index (χ3n) is 2.17. The van der Waals surface area contributed by atoms with Crippen molar-refractivity contribution in [1.29, 1.82) is 0 Å². The molecule has 2 rings (SSSR count). The molecule has 1 aromatic carbocycles. The number of anilines is 1. The zero-order valence-corrected chi connectivity index (χ0v) is 12.9. The second-order valence-corrected chi connectivity index (χ2v) is 5.53. The van der Waals surface area contributed by atoms with E-state index < -0.39 is 0 Å². The van der Waals surface area contributed by atoms with Crippen LogP contribution in [-0.4, -0.2) is 9.97 Å². The largest absolute Gasteiger partial charge is 0.365 e. The summed E-state index contributed by atoms with van der Waals surface area (Å²) in [4.78, 5) is 7.81. The molecule has 1 N–H and O–H groups in total. The Morgan fingerprint density at radius 2 is 2.11 bits per heavy atom. The molecule has 0 spiro atoms. The molecule has 2 aromatic rings. The zero-order chi connectivity index (χ0) is 13.1. The number of nitrogens with one attached hydrogen (secondary N) is 1. The van der Waals surface area contributed by atoms with Gasteiger partial charge in [0.1, 0.15) is 11.6 Å². The van der Waals surface area contributed by atoms with Crippen LogP contribution in [0.15, 0.2) is 33.3 Å². The Morgan fingerprint density at radius 1 is 1.33 bits per heavy atom. The first-order valence-electron chi connectivity index (χ1n) is 4.92. The van der Waals surface area contributed by atoms with E-state index in [2.05, 4.69) is 47.1 Å². The van der Waals surface area contributed by atoms with Crippen LogP contribution in [0.3, 0.4) is 0 Å². The topological polar surface area (TPSA) is 37.8 Å². The monoisotopic (exact) mass is 393 g/mol. The predicted molar refractivity (Wildman–Crippen MR) is 76.2 cm³/mol. The summed E-state index contributed by atoms with van der Waals surface area (Å²) in [5.41, 5.74) is 0.533. The van der Waals surface area contributed by atoms with Gasteiger partial charge in [-0.15, -0.1) is 0 Å². The number of nitrogens with zero attached hydrogens (tertiary/aromatic N) is 2. The van der Waals surface area contributed by atoms with Crippen LogP contribution in [0, 0.1) is 5.82 Å². The second kappa shape index (κ2) is 5.95. The summed E-state index contributed by atoms with van der Waals surface area (Å²) >= 11 is 12.3. The minimum absolute atomic E-state index is 0.135. The average Bonchev–Trinajstić information content (AvgIpc) is 2.34. The van der Waals surface area contributed by atoms with Crippen molar-refractivity contribution in [1.82, 2.24) is 9.97 Å². The fourth-order valence-electron chi connectivity index (χ4n) is 1.33. The molecule has 0 atom stereocenters. The van der Waals surface area contributed by atoms with Crippen molar-refractivity contribution in [3.63, 3.8) is 0 Å². The van der Waals surface area contributed by atoms with Gasteiger partial charge in [-0.2, -0.15) is 4.98 Å². The number of hydrogen-bond donors (Lipinski definition) is 1. The maximum Gasteiger partial charge on any atom is 0.224 e. The highest BCUT2D eigenvalue weighted by molar-refractivity contribution is 9.10. The molecule has 0 aliphatic carbocycles. The molecule has 94 valence electrons. The first-order valence-corrected chi connectivity index (χ1v) is 6.88. The summed E-state index contributed by atoms with van der Waals surface area (Å²) in [5.74, 6) is 0.247. The highest BCUT2D eigenvalue weighted by Crippen LogP contribution is 2.22. The van der Waals surface area contributed by atoms with E-state index in [1.165, 1.54) is 12.3 Å². The molecule has 0 amide bonds. The van der Waals surface area contributed by atoms with Gasteiger partial charge < -0.3 is 5.32 Å². The van der Waals surface area contributed by atoms with Gasteiger partial charge in [0.2, 0.25) is 5.28 Å². The quantitative estimate of drug-likeness (QED) is 0.783. The van der Waals surface area contributed by atoms with Crippen molar-refractivity contribution in [3.05, 3.63) is 50.0 Å². The van der Waals surface area contributed by atoms with Crippen molar-refractivity contribution in [2.45, 2.75) is 6.54 Å². The lowest BCUT2D eigenvalue weighted by atomic mass is 10.2. The van der Waals surface area contributed by atoms with Gasteiger partial charge in [-0.3, -0.25) is 0 Å². The van der Waals surface area contributed by atoms with Gasteiger partial charge >= 0.3 is 0 Å². The van der Waals surface area contributed by atoms with E-state index in [0.29, 0.717) is 22.4 Å². The molecule has 0 fully saturated rings. The molecular weight excluding hydrogens is 388 g/mol. The first kappa shape index (κ1) is 13.7. The molecule has 3 nitrogen and oxygen atoms in total. The third kappa shape index (κ3) is 3.40. The summed E-state index contributed by atoms with van der Waals surface area (Å²) in [6.07, 6.45) is 1.54. The van der Waals surface area contributed by atoms with E-state index in [1.807, 2.05) is 0 Å². The van der Waals surface area contributed by atoms with Gasteiger partial charge in [0.05, 0.1) is 4.47 Å². The number of hydrogen-bond acceptors (Lipinski definition) is 3.